The van der Waals surface area contributed by atoms with E-state index in [1.165, 1.54) is 12.5 Å². The predicted octanol–water partition coefficient (Wildman–Crippen LogP) is 3.78. The maximum absolute atomic E-state index is 13.6. The third-order valence-electron chi connectivity index (χ3n) is 6.01. The zero-order chi connectivity index (χ0) is 13.2. The molecule has 0 atom stereocenters. The molecule has 4 fully saturated rings. The number of aliphatic hydroxyl groups is 1. The van der Waals surface area contributed by atoms with E-state index in [2.05, 4.69) is 0 Å². The van der Waals surface area contributed by atoms with Crippen LogP contribution in [0.1, 0.15) is 43.2 Å². The number of benzene rings is 1. The van der Waals surface area contributed by atoms with Gasteiger partial charge in [-0.25, -0.2) is 4.39 Å². The smallest absolute Gasteiger partial charge is 0.123 e. The molecule has 4 saturated carbocycles. The Bertz CT molecular complexity index is 494. The number of hydrogen-bond acceptors (Lipinski definition) is 1. The van der Waals surface area contributed by atoms with Crippen molar-refractivity contribution >= 4 is 0 Å². The van der Waals surface area contributed by atoms with E-state index in [9.17, 15) is 9.50 Å². The second-order valence-corrected chi connectivity index (χ2v) is 7.09. The van der Waals surface area contributed by atoms with Gasteiger partial charge >= 0.3 is 0 Å². The molecule has 4 aliphatic carbocycles. The van der Waals surface area contributed by atoms with Crippen LogP contribution >= 0.6 is 0 Å². The van der Waals surface area contributed by atoms with Crippen LogP contribution in [0.4, 0.5) is 4.39 Å². The van der Waals surface area contributed by atoms with Gasteiger partial charge in [0.2, 0.25) is 0 Å². The lowest BCUT2D eigenvalue weighted by Crippen LogP contribution is -2.55. The highest BCUT2D eigenvalue weighted by molar-refractivity contribution is 5.35. The first kappa shape index (κ1) is 11.9. The molecule has 1 aromatic carbocycles. The fourth-order valence-corrected chi connectivity index (χ4v) is 5.37. The van der Waals surface area contributed by atoms with Gasteiger partial charge in [0, 0.05) is 0 Å². The molecule has 0 unspecified atom stereocenters. The minimum atomic E-state index is -0.764. The summed E-state index contributed by atoms with van der Waals surface area (Å²) in [5.74, 6) is 2.12. The fraction of sp³-hybridized carbons (Fsp3) is 0.647. The highest BCUT2D eigenvalue weighted by Gasteiger charge is 2.57. The van der Waals surface area contributed by atoms with Gasteiger partial charge in [0.05, 0.1) is 5.60 Å². The lowest BCUT2D eigenvalue weighted by atomic mass is 9.48. The molecule has 1 N–H and O–H groups in total. The van der Waals surface area contributed by atoms with E-state index in [1.54, 1.807) is 6.07 Å². The van der Waals surface area contributed by atoms with E-state index >= 15 is 0 Å². The molecule has 4 bridgehead atoms. The molecule has 1 aromatic rings. The van der Waals surface area contributed by atoms with Crippen molar-refractivity contribution in [2.24, 2.45) is 23.7 Å². The summed E-state index contributed by atoms with van der Waals surface area (Å²) < 4.78 is 13.6. The van der Waals surface area contributed by atoms with Gasteiger partial charge in [-0.2, -0.15) is 0 Å². The summed E-state index contributed by atoms with van der Waals surface area (Å²) in [5, 5.41) is 11.4. The van der Waals surface area contributed by atoms with Gasteiger partial charge in [-0.05, 0) is 86.0 Å². The molecule has 0 aliphatic heterocycles. The van der Waals surface area contributed by atoms with Crippen LogP contribution < -0.4 is 0 Å². The summed E-state index contributed by atoms with van der Waals surface area (Å²) in [6.07, 6.45) is 5.92. The number of hydrogen-bond donors (Lipinski definition) is 1. The molecule has 102 valence electrons. The third kappa shape index (κ3) is 1.56. The van der Waals surface area contributed by atoms with Crippen molar-refractivity contribution < 1.29 is 9.50 Å². The normalized spacial score (nSPS) is 43.7. The van der Waals surface area contributed by atoms with Crippen molar-refractivity contribution in [2.45, 2.75) is 44.6 Å². The Kier molecular flexibility index (Phi) is 2.39. The Hall–Kier alpha value is -0.890. The summed E-state index contributed by atoms with van der Waals surface area (Å²) >= 11 is 0. The topological polar surface area (TPSA) is 20.2 Å². The minimum absolute atomic E-state index is 0.220. The zero-order valence-corrected chi connectivity index (χ0v) is 11.4. The highest BCUT2D eigenvalue weighted by atomic mass is 19.1. The second kappa shape index (κ2) is 3.82. The lowest BCUT2D eigenvalue weighted by molar-refractivity contribution is -0.179. The van der Waals surface area contributed by atoms with Crippen LogP contribution in [0.25, 0.3) is 0 Å². The Balaban J connectivity index is 1.82. The molecule has 0 radical (unpaired) electrons. The Morgan fingerprint density at radius 3 is 2.21 bits per heavy atom. The molecular weight excluding hydrogens is 239 g/mol. The number of halogens is 1. The van der Waals surface area contributed by atoms with Gasteiger partial charge in [-0.15, -0.1) is 0 Å². The predicted molar refractivity (Wildman–Crippen MR) is 72.1 cm³/mol. The summed E-state index contributed by atoms with van der Waals surface area (Å²) in [6, 6.07) is 4.89. The molecule has 0 saturated heterocycles. The first-order valence-corrected chi connectivity index (χ1v) is 7.56. The van der Waals surface area contributed by atoms with E-state index in [4.69, 9.17) is 0 Å². The maximum atomic E-state index is 13.6. The summed E-state index contributed by atoms with van der Waals surface area (Å²) in [4.78, 5) is 0. The van der Waals surface area contributed by atoms with Crippen molar-refractivity contribution in [1.82, 2.24) is 0 Å². The number of rotatable bonds is 1. The van der Waals surface area contributed by atoms with Gasteiger partial charge in [0.1, 0.15) is 5.82 Å². The van der Waals surface area contributed by atoms with Crippen LogP contribution in [-0.4, -0.2) is 5.11 Å². The van der Waals surface area contributed by atoms with Crippen LogP contribution in [0, 0.1) is 36.4 Å². The molecule has 4 aliphatic rings. The van der Waals surface area contributed by atoms with Gasteiger partial charge in [-0.1, -0.05) is 6.07 Å². The van der Waals surface area contributed by atoms with Crippen LogP contribution in [-0.2, 0) is 5.60 Å². The first-order chi connectivity index (χ1) is 9.07. The fourth-order valence-electron chi connectivity index (χ4n) is 5.37. The van der Waals surface area contributed by atoms with Crippen molar-refractivity contribution in [2.75, 3.05) is 0 Å². The van der Waals surface area contributed by atoms with E-state index in [0.29, 0.717) is 11.8 Å². The summed E-state index contributed by atoms with van der Waals surface area (Å²) in [6.45, 7) is 2.00. The lowest BCUT2D eigenvalue weighted by Gasteiger charge is -2.59. The Labute approximate surface area is 113 Å². The van der Waals surface area contributed by atoms with Crippen molar-refractivity contribution in [1.29, 1.82) is 0 Å². The summed E-state index contributed by atoms with van der Waals surface area (Å²) in [7, 11) is 0. The van der Waals surface area contributed by atoms with E-state index in [-0.39, 0.29) is 5.82 Å². The second-order valence-electron chi connectivity index (χ2n) is 7.09. The van der Waals surface area contributed by atoms with Gasteiger partial charge in [0.25, 0.3) is 0 Å². The number of aryl methyl sites for hydroxylation is 1. The van der Waals surface area contributed by atoms with Crippen LogP contribution in [0.5, 0.6) is 0 Å². The molecule has 5 rings (SSSR count). The average molecular weight is 260 g/mol. The molecule has 0 heterocycles. The molecule has 2 heteroatoms. The van der Waals surface area contributed by atoms with Crippen molar-refractivity contribution in [3.05, 3.63) is 35.1 Å². The van der Waals surface area contributed by atoms with Gasteiger partial charge < -0.3 is 5.11 Å². The van der Waals surface area contributed by atoms with Gasteiger partial charge in [0.15, 0.2) is 0 Å². The highest BCUT2D eigenvalue weighted by Crippen LogP contribution is 2.62. The van der Waals surface area contributed by atoms with E-state index in [1.807, 2.05) is 13.0 Å². The minimum Gasteiger partial charge on any atom is -0.385 e. The molecule has 0 aromatic heterocycles. The average Bonchev–Trinajstić information content (AvgIpc) is 2.38. The standard InChI is InChI=1S/C17H21FO/c1-10-2-3-15(18)9-16(10)17(19)13-5-11-4-12(7-13)8-14(17)6-11/h2-3,9,11-14,19H,4-8H2,1H3. The van der Waals surface area contributed by atoms with Gasteiger partial charge in [-0.3, -0.25) is 0 Å². The quantitative estimate of drug-likeness (QED) is 0.814. The monoisotopic (exact) mass is 260 g/mol. The van der Waals surface area contributed by atoms with E-state index < -0.39 is 5.60 Å². The third-order valence-corrected chi connectivity index (χ3v) is 6.01. The Morgan fingerprint density at radius 1 is 1.05 bits per heavy atom. The largest absolute Gasteiger partial charge is 0.385 e. The zero-order valence-electron chi connectivity index (χ0n) is 11.4. The Morgan fingerprint density at radius 2 is 1.63 bits per heavy atom. The van der Waals surface area contributed by atoms with Crippen molar-refractivity contribution in [3.63, 3.8) is 0 Å². The molecule has 0 spiro atoms. The summed E-state index contributed by atoms with van der Waals surface area (Å²) in [5.41, 5.74) is 1.14. The van der Waals surface area contributed by atoms with E-state index in [0.717, 1.165) is 48.6 Å². The van der Waals surface area contributed by atoms with Crippen LogP contribution in [0.15, 0.2) is 18.2 Å². The first-order valence-electron chi connectivity index (χ1n) is 7.56. The molecule has 1 nitrogen and oxygen atoms in total. The SMILES string of the molecule is Cc1ccc(F)cc1C1(O)C2CC3CC(C2)CC1C3. The van der Waals surface area contributed by atoms with Crippen LogP contribution in [0.3, 0.4) is 0 Å². The van der Waals surface area contributed by atoms with Crippen molar-refractivity contribution in [3.8, 4) is 0 Å². The molecule has 0 amide bonds. The molecular formula is C17H21FO. The van der Waals surface area contributed by atoms with Crippen LogP contribution in [0.2, 0.25) is 0 Å². The molecule has 19 heavy (non-hydrogen) atoms. The maximum Gasteiger partial charge on any atom is 0.123 e.